The fraction of sp³-hybridized carbons (Fsp3) is 0.636. The molecule has 1 aromatic heterocycles. The SMILES string of the molecule is CCCc1nc(Cl)c(C)c(NCCCS(N)(=O)=O)n1. The number of nitrogens with two attached hydrogens (primary N) is 1. The quantitative estimate of drug-likeness (QED) is 0.587. The first-order valence-electron chi connectivity index (χ1n) is 6.11. The first-order valence-corrected chi connectivity index (χ1v) is 8.20. The summed E-state index contributed by atoms with van der Waals surface area (Å²) in [6.45, 7) is 4.33. The number of hydrogen-bond acceptors (Lipinski definition) is 5. The van der Waals surface area contributed by atoms with Gasteiger partial charge in [-0.2, -0.15) is 0 Å². The van der Waals surface area contributed by atoms with Crippen LogP contribution in [0.1, 0.15) is 31.2 Å². The van der Waals surface area contributed by atoms with Crippen LogP contribution in [0.25, 0.3) is 0 Å². The van der Waals surface area contributed by atoms with E-state index in [2.05, 4.69) is 15.3 Å². The zero-order valence-corrected chi connectivity index (χ0v) is 12.7. The average molecular weight is 307 g/mol. The minimum Gasteiger partial charge on any atom is -0.370 e. The number of halogens is 1. The number of aromatic nitrogens is 2. The number of nitrogens with zero attached hydrogens (tertiary/aromatic N) is 2. The summed E-state index contributed by atoms with van der Waals surface area (Å²) < 4.78 is 21.6. The summed E-state index contributed by atoms with van der Waals surface area (Å²) in [5, 5.41) is 8.42. The third kappa shape index (κ3) is 5.71. The van der Waals surface area contributed by atoms with Crippen LogP contribution in [0, 0.1) is 6.92 Å². The predicted molar refractivity (Wildman–Crippen MR) is 76.9 cm³/mol. The van der Waals surface area contributed by atoms with E-state index in [0.717, 1.165) is 18.4 Å². The molecule has 19 heavy (non-hydrogen) atoms. The van der Waals surface area contributed by atoms with Gasteiger partial charge in [0.25, 0.3) is 0 Å². The van der Waals surface area contributed by atoms with Crippen molar-refractivity contribution < 1.29 is 8.42 Å². The Morgan fingerprint density at radius 2 is 2.05 bits per heavy atom. The van der Waals surface area contributed by atoms with Crippen LogP contribution < -0.4 is 10.5 Å². The maximum Gasteiger partial charge on any atom is 0.209 e. The molecule has 0 spiro atoms. The summed E-state index contributed by atoms with van der Waals surface area (Å²) in [6, 6.07) is 0. The first-order chi connectivity index (χ1) is 8.83. The maximum atomic E-state index is 10.8. The molecular formula is C11H19ClN4O2S. The Labute approximate surface area is 118 Å². The number of nitrogens with one attached hydrogen (secondary N) is 1. The van der Waals surface area contributed by atoms with Crippen LogP contribution in [-0.4, -0.2) is 30.7 Å². The molecule has 1 heterocycles. The molecule has 3 N–H and O–H groups in total. The molecule has 1 aromatic rings. The molecule has 0 aromatic carbocycles. The Morgan fingerprint density at radius 3 is 2.63 bits per heavy atom. The molecule has 0 aliphatic heterocycles. The van der Waals surface area contributed by atoms with Gasteiger partial charge in [0.2, 0.25) is 10.0 Å². The third-order valence-electron chi connectivity index (χ3n) is 2.50. The van der Waals surface area contributed by atoms with Crippen molar-refractivity contribution in [2.24, 2.45) is 5.14 Å². The van der Waals surface area contributed by atoms with E-state index in [1.807, 2.05) is 13.8 Å². The van der Waals surface area contributed by atoms with Gasteiger partial charge in [-0.15, -0.1) is 0 Å². The number of sulfonamides is 1. The Balaban J connectivity index is 2.66. The lowest BCUT2D eigenvalue weighted by atomic mass is 10.3. The smallest absolute Gasteiger partial charge is 0.209 e. The zero-order chi connectivity index (χ0) is 14.5. The summed E-state index contributed by atoms with van der Waals surface area (Å²) in [7, 11) is -3.41. The van der Waals surface area contributed by atoms with E-state index in [1.54, 1.807) is 0 Å². The molecule has 8 heteroatoms. The molecule has 0 bridgehead atoms. The first kappa shape index (κ1) is 16.1. The Kier molecular flexibility index (Phi) is 5.96. The van der Waals surface area contributed by atoms with Crippen molar-refractivity contribution >= 4 is 27.4 Å². The van der Waals surface area contributed by atoms with Crippen molar-refractivity contribution in [1.29, 1.82) is 0 Å². The van der Waals surface area contributed by atoms with E-state index < -0.39 is 10.0 Å². The highest BCUT2D eigenvalue weighted by Gasteiger charge is 2.09. The summed E-state index contributed by atoms with van der Waals surface area (Å²) in [4.78, 5) is 8.56. The van der Waals surface area contributed by atoms with E-state index in [4.69, 9.17) is 16.7 Å². The van der Waals surface area contributed by atoms with Crippen LogP contribution in [0.5, 0.6) is 0 Å². The van der Waals surface area contributed by atoms with Crippen molar-refractivity contribution in [1.82, 2.24) is 9.97 Å². The second-order valence-electron chi connectivity index (χ2n) is 4.30. The molecule has 0 amide bonds. The number of hydrogen-bond donors (Lipinski definition) is 2. The van der Waals surface area contributed by atoms with Crippen molar-refractivity contribution in [3.8, 4) is 0 Å². The zero-order valence-electron chi connectivity index (χ0n) is 11.1. The minimum absolute atomic E-state index is 0.0559. The lowest BCUT2D eigenvalue weighted by Gasteiger charge is -2.11. The fourth-order valence-corrected chi connectivity index (χ4v) is 2.25. The third-order valence-corrected chi connectivity index (χ3v) is 3.73. The molecule has 108 valence electrons. The fourth-order valence-electron chi connectivity index (χ4n) is 1.52. The predicted octanol–water partition coefficient (Wildman–Crippen LogP) is 1.48. The molecule has 0 fully saturated rings. The van der Waals surface area contributed by atoms with Crippen molar-refractivity contribution in [2.75, 3.05) is 17.6 Å². The number of anilines is 1. The summed E-state index contributed by atoms with van der Waals surface area (Å²) in [6.07, 6.45) is 2.11. The second kappa shape index (κ2) is 7.02. The lowest BCUT2D eigenvalue weighted by molar-refractivity contribution is 0.595. The largest absolute Gasteiger partial charge is 0.370 e. The van der Waals surface area contributed by atoms with Gasteiger partial charge in [-0.1, -0.05) is 18.5 Å². The normalized spacial score (nSPS) is 11.6. The summed E-state index contributed by atoms with van der Waals surface area (Å²) in [5.74, 6) is 1.28. The van der Waals surface area contributed by atoms with Crippen molar-refractivity contribution in [3.63, 3.8) is 0 Å². The molecule has 0 saturated carbocycles. The highest BCUT2D eigenvalue weighted by atomic mass is 35.5. The maximum absolute atomic E-state index is 10.8. The number of rotatable bonds is 7. The van der Waals surface area contributed by atoms with E-state index in [1.165, 1.54) is 0 Å². The van der Waals surface area contributed by atoms with Gasteiger partial charge in [-0.25, -0.2) is 23.5 Å². The molecular weight excluding hydrogens is 288 g/mol. The molecule has 0 atom stereocenters. The van der Waals surface area contributed by atoms with Gasteiger partial charge in [0.15, 0.2) is 0 Å². The second-order valence-corrected chi connectivity index (χ2v) is 6.39. The van der Waals surface area contributed by atoms with Gasteiger partial charge >= 0.3 is 0 Å². The van der Waals surface area contributed by atoms with E-state index in [0.29, 0.717) is 29.8 Å². The van der Waals surface area contributed by atoms with Gasteiger partial charge in [0.05, 0.1) is 5.75 Å². The highest BCUT2D eigenvalue weighted by molar-refractivity contribution is 7.89. The van der Waals surface area contributed by atoms with Crippen LogP contribution in [0.2, 0.25) is 5.15 Å². The molecule has 6 nitrogen and oxygen atoms in total. The van der Waals surface area contributed by atoms with E-state index in [9.17, 15) is 8.42 Å². The topological polar surface area (TPSA) is 98.0 Å². The average Bonchev–Trinajstić information content (AvgIpc) is 2.29. The highest BCUT2D eigenvalue weighted by Crippen LogP contribution is 2.20. The van der Waals surface area contributed by atoms with Crippen LogP contribution >= 0.6 is 11.6 Å². The molecule has 0 aliphatic rings. The number of primary sulfonamides is 1. The van der Waals surface area contributed by atoms with Gasteiger partial charge in [0, 0.05) is 18.5 Å². The van der Waals surface area contributed by atoms with Crippen molar-refractivity contribution in [2.45, 2.75) is 33.1 Å². The summed E-state index contributed by atoms with van der Waals surface area (Å²) in [5.41, 5.74) is 0.761. The van der Waals surface area contributed by atoms with E-state index in [-0.39, 0.29) is 5.75 Å². The Morgan fingerprint density at radius 1 is 1.37 bits per heavy atom. The Hall–Kier alpha value is -0.920. The lowest BCUT2D eigenvalue weighted by Crippen LogP contribution is -2.19. The molecule has 0 radical (unpaired) electrons. The summed E-state index contributed by atoms with van der Waals surface area (Å²) >= 11 is 6.03. The van der Waals surface area contributed by atoms with Gasteiger partial charge in [-0.3, -0.25) is 0 Å². The van der Waals surface area contributed by atoms with Crippen LogP contribution in [0.15, 0.2) is 0 Å². The van der Waals surface area contributed by atoms with Crippen LogP contribution in [0.3, 0.4) is 0 Å². The molecule has 0 aliphatic carbocycles. The number of aryl methyl sites for hydroxylation is 1. The van der Waals surface area contributed by atoms with Gasteiger partial charge < -0.3 is 5.32 Å². The van der Waals surface area contributed by atoms with Crippen LogP contribution in [0.4, 0.5) is 5.82 Å². The standard InChI is InChI=1S/C11H19ClN4O2S/c1-3-5-9-15-10(12)8(2)11(16-9)14-6-4-7-19(13,17)18/h3-7H2,1-2H3,(H2,13,17,18)(H,14,15,16). The van der Waals surface area contributed by atoms with Gasteiger partial charge in [0.1, 0.15) is 16.8 Å². The molecule has 1 rings (SSSR count). The van der Waals surface area contributed by atoms with Crippen molar-refractivity contribution in [3.05, 3.63) is 16.5 Å². The van der Waals surface area contributed by atoms with Crippen LogP contribution in [-0.2, 0) is 16.4 Å². The van der Waals surface area contributed by atoms with Gasteiger partial charge in [-0.05, 0) is 19.8 Å². The van der Waals surface area contributed by atoms with E-state index >= 15 is 0 Å². The minimum atomic E-state index is -3.41. The molecule has 0 unspecified atom stereocenters. The Bertz CT molecular complexity index is 534. The monoisotopic (exact) mass is 306 g/mol. The molecule has 0 saturated heterocycles.